The Balaban J connectivity index is 2.37. The van der Waals surface area contributed by atoms with E-state index < -0.39 is 0 Å². The van der Waals surface area contributed by atoms with Gasteiger partial charge in [0.05, 0.1) is 6.04 Å². The van der Waals surface area contributed by atoms with Crippen LogP contribution in [0.1, 0.15) is 33.9 Å². The van der Waals surface area contributed by atoms with Crippen molar-refractivity contribution in [2.75, 3.05) is 11.9 Å². The van der Waals surface area contributed by atoms with Gasteiger partial charge in [-0.1, -0.05) is 35.9 Å². The molecule has 0 aliphatic carbocycles. The molecule has 2 heteroatoms. The summed E-state index contributed by atoms with van der Waals surface area (Å²) in [6.07, 6.45) is 0. The smallest absolute Gasteiger partial charge is 0.0641 e. The van der Waals surface area contributed by atoms with E-state index in [9.17, 15) is 0 Å². The van der Waals surface area contributed by atoms with Crippen molar-refractivity contribution in [3.63, 3.8) is 0 Å². The maximum absolute atomic E-state index is 6.02. The van der Waals surface area contributed by atoms with Crippen molar-refractivity contribution in [3.05, 3.63) is 64.2 Å². The Morgan fingerprint density at radius 3 is 2.10 bits per heavy atom. The topological polar surface area (TPSA) is 38.0 Å². The molecule has 0 aliphatic rings. The minimum Gasteiger partial charge on any atom is -0.377 e. The molecule has 0 saturated carbocycles. The summed E-state index contributed by atoms with van der Waals surface area (Å²) in [7, 11) is 0. The lowest BCUT2D eigenvalue weighted by molar-refractivity contribution is 0.775. The predicted octanol–water partition coefficient (Wildman–Crippen LogP) is 4.03. The summed E-state index contributed by atoms with van der Waals surface area (Å²) in [4.78, 5) is 0. The van der Waals surface area contributed by atoms with E-state index in [1.54, 1.807) is 0 Å². The fourth-order valence-electron chi connectivity index (χ4n) is 2.91. The first-order valence-corrected chi connectivity index (χ1v) is 7.13. The second kappa shape index (κ2) is 6.10. The zero-order chi connectivity index (χ0) is 14.7. The summed E-state index contributed by atoms with van der Waals surface area (Å²) in [5.41, 5.74) is 13.6. The molecule has 2 aromatic rings. The Kier molecular flexibility index (Phi) is 4.46. The zero-order valence-electron chi connectivity index (χ0n) is 12.8. The van der Waals surface area contributed by atoms with Gasteiger partial charge in [0.15, 0.2) is 0 Å². The number of benzene rings is 2. The number of para-hydroxylation sites is 1. The normalized spacial score (nSPS) is 12.2. The van der Waals surface area contributed by atoms with Crippen LogP contribution in [-0.4, -0.2) is 6.54 Å². The van der Waals surface area contributed by atoms with Crippen LogP contribution in [0, 0.1) is 27.7 Å². The van der Waals surface area contributed by atoms with Crippen molar-refractivity contribution in [3.8, 4) is 0 Å². The first-order valence-electron chi connectivity index (χ1n) is 7.13. The summed E-state index contributed by atoms with van der Waals surface area (Å²) in [6.45, 7) is 9.16. The second-order valence-corrected chi connectivity index (χ2v) is 5.56. The van der Waals surface area contributed by atoms with Crippen molar-refractivity contribution in [2.24, 2.45) is 5.73 Å². The fourth-order valence-corrected chi connectivity index (χ4v) is 2.91. The van der Waals surface area contributed by atoms with Crippen molar-refractivity contribution >= 4 is 5.69 Å². The Labute approximate surface area is 122 Å². The first kappa shape index (κ1) is 14.6. The van der Waals surface area contributed by atoms with E-state index >= 15 is 0 Å². The Morgan fingerprint density at radius 2 is 1.55 bits per heavy atom. The molecule has 2 nitrogen and oxygen atoms in total. The molecule has 106 valence electrons. The first-order chi connectivity index (χ1) is 9.52. The van der Waals surface area contributed by atoms with Gasteiger partial charge < -0.3 is 11.1 Å². The van der Waals surface area contributed by atoms with Crippen LogP contribution in [-0.2, 0) is 0 Å². The van der Waals surface area contributed by atoms with Crippen molar-refractivity contribution in [1.29, 1.82) is 0 Å². The number of rotatable bonds is 4. The molecule has 0 bridgehead atoms. The van der Waals surface area contributed by atoms with Gasteiger partial charge in [-0.05, 0) is 56.0 Å². The number of nitrogens with two attached hydrogens (primary N) is 1. The molecule has 0 spiro atoms. The molecule has 3 N–H and O–H groups in total. The minimum absolute atomic E-state index is 0.150. The second-order valence-electron chi connectivity index (χ2n) is 5.56. The fraction of sp³-hybridized carbons (Fsp3) is 0.333. The highest BCUT2D eigenvalue weighted by Gasteiger charge is 2.15. The van der Waals surface area contributed by atoms with E-state index in [0.717, 1.165) is 5.69 Å². The van der Waals surface area contributed by atoms with E-state index in [0.29, 0.717) is 6.54 Å². The maximum Gasteiger partial charge on any atom is 0.0641 e. The van der Waals surface area contributed by atoms with Gasteiger partial charge in [0.25, 0.3) is 0 Å². The zero-order valence-corrected chi connectivity index (χ0v) is 12.8. The average molecular weight is 268 g/mol. The third-order valence-electron chi connectivity index (χ3n) is 3.80. The lowest BCUT2D eigenvalue weighted by Gasteiger charge is -2.24. The molecule has 0 radical (unpaired) electrons. The van der Waals surface area contributed by atoms with Gasteiger partial charge in [-0.15, -0.1) is 0 Å². The van der Waals surface area contributed by atoms with Gasteiger partial charge in [-0.3, -0.25) is 0 Å². The molecular formula is C18H24N2. The molecule has 0 aromatic heterocycles. The van der Waals surface area contributed by atoms with Crippen molar-refractivity contribution < 1.29 is 0 Å². The van der Waals surface area contributed by atoms with Crippen LogP contribution in [0.5, 0.6) is 0 Å². The largest absolute Gasteiger partial charge is 0.377 e. The molecule has 0 heterocycles. The summed E-state index contributed by atoms with van der Waals surface area (Å²) in [6, 6.07) is 12.9. The van der Waals surface area contributed by atoms with Gasteiger partial charge in [-0.2, -0.15) is 0 Å². The molecule has 2 rings (SSSR count). The summed E-state index contributed by atoms with van der Waals surface area (Å²) >= 11 is 0. The van der Waals surface area contributed by atoms with Crippen LogP contribution in [0.2, 0.25) is 0 Å². The Hall–Kier alpha value is -1.80. The van der Waals surface area contributed by atoms with Crippen LogP contribution in [0.25, 0.3) is 0 Å². The van der Waals surface area contributed by atoms with E-state index in [-0.39, 0.29) is 6.04 Å². The van der Waals surface area contributed by atoms with E-state index in [4.69, 9.17) is 5.73 Å². The van der Waals surface area contributed by atoms with Gasteiger partial charge in [-0.25, -0.2) is 0 Å². The third kappa shape index (κ3) is 3.02. The quantitative estimate of drug-likeness (QED) is 0.878. The summed E-state index contributed by atoms with van der Waals surface area (Å²) < 4.78 is 0. The number of nitrogens with one attached hydrogen (secondary N) is 1. The molecule has 0 amide bonds. The van der Waals surface area contributed by atoms with Gasteiger partial charge in [0.1, 0.15) is 0 Å². The molecule has 20 heavy (non-hydrogen) atoms. The number of aryl methyl sites for hydroxylation is 4. The van der Waals surface area contributed by atoms with Crippen LogP contribution in [0.3, 0.4) is 0 Å². The number of hydrogen-bond acceptors (Lipinski definition) is 2. The van der Waals surface area contributed by atoms with Gasteiger partial charge in [0, 0.05) is 12.2 Å². The lowest BCUT2D eigenvalue weighted by atomic mass is 9.93. The maximum atomic E-state index is 6.02. The highest BCUT2D eigenvalue weighted by molar-refractivity contribution is 5.53. The van der Waals surface area contributed by atoms with E-state index in [1.165, 1.54) is 27.8 Å². The van der Waals surface area contributed by atoms with Crippen LogP contribution >= 0.6 is 0 Å². The Morgan fingerprint density at radius 1 is 0.950 bits per heavy atom. The molecule has 0 saturated heterocycles. The lowest BCUT2D eigenvalue weighted by Crippen LogP contribution is -2.23. The standard InChI is InChI=1S/C18H24N2/c1-12-9-14(3)18(15(4)10-12)17(11-19)20-16-8-6-5-7-13(16)2/h5-10,17,20H,11,19H2,1-4H3. The molecule has 2 aromatic carbocycles. The Bertz CT molecular complexity index is 579. The van der Waals surface area contributed by atoms with Gasteiger partial charge >= 0.3 is 0 Å². The molecular weight excluding hydrogens is 244 g/mol. The van der Waals surface area contributed by atoms with Gasteiger partial charge in [0.2, 0.25) is 0 Å². The SMILES string of the molecule is Cc1cc(C)c(C(CN)Nc2ccccc2C)c(C)c1. The number of hydrogen-bond donors (Lipinski definition) is 2. The number of anilines is 1. The minimum atomic E-state index is 0.150. The van der Waals surface area contributed by atoms with Crippen LogP contribution in [0.15, 0.2) is 36.4 Å². The van der Waals surface area contributed by atoms with Crippen molar-refractivity contribution in [2.45, 2.75) is 33.7 Å². The third-order valence-corrected chi connectivity index (χ3v) is 3.80. The van der Waals surface area contributed by atoms with Crippen LogP contribution < -0.4 is 11.1 Å². The van der Waals surface area contributed by atoms with Crippen LogP contribution in [0.4, 0.5) is 5.69 Å². The molecule has 1 atom stereocenters. The molecule has 0 fully saturated rings. The molecule has 0 aliphatic heterocycles. The monoisotopic (exact) mass is 268 g/mol. The highest BCUT2D eigenvalue weighted by atomic mass is 14.9. The average Bonchev–Trinajstić information content (AvgIpc) is 2.38. The predicted molar refractivity (Wildman–Crippen MR) is 87.3 cm³/mol. The summed E-state index contributed by atoms with van der Waals surface area (Å²) in [5, 5.41) is 3.59. The van der Waals surface area contributed by atoms with E-state index in [1.807, 2.05) is 0 Å². The van der Waals surface area contributed by atoms with Crippen molar-refractivity contribution in [1.82, 2.24) is 0 Å². The summed E-state index contributed by atoms with van der Waals surface area (Å²) in [5.74, 6) is 0. The highest BCUT2D eigenvalue weighted by Crippen LogP contribution is 2.27. The molecule has 1 unspecified atom stereocenters. The van der Waals surface area contributed by atoms with E-state index in [2.05, 4.69) is 69.4 Å².